The third-order valence-corrected chi connectivity index (χ3v) is 2.12. The average molecular weight is 256 g/mol. The van der Waals surface area contributed by atoms with Gasteiger partial charge in [-0.25, -0.2) is 4.79 Å². The van der Waals surface area contributed by atoms with Gasteiger partial charge in [-0.2, -0.15) is 0 Å². The zero-order chi connectivity index (χ0) is 10.6. The summed E-state index contributed by atoms with van der Waals surface area (Å²) >= 11 is 3.22. The molecule has 0 radical (unpaired) electrons. The maximum absolute atomic E-state index is 10.8. The smallest absolute Gasteiger partial charge is 0.336 e. The van der Waals surface area contributed by atoms with E-state index in [1.165, 1.54) is 6.07 Å². The summed E-state index contributed by atoms with van der Waals surface area (Å²) in [6, 6.07) is 4.84. The molecule has 1 aromatic rings. The molecule has 0 aliphatic heterocycles. The van der Waals surface area contributed by atoms with Crippen molar-refractivity contribution in [1.82, 2.24) is 0 Å². The molecule has 14 heavy (non-hydrogen) atoms. The third kappa shape index (κ3) is 2.35. The van der Waals surface area contributed by atoms with Crippen LogP contribution in [0.5, 0.6) is 0 Å². The fourth-order valence-corrected chi connectivity index (χ4v) is 1.30. The number of rotatable bonds is 3. The van der Waals surface area contributed by atoms with E-state index in [1.54, 1.807) is 24.3 Å². The van der Waals surface area contributed by atoms with E-state index in [0.717, 1.165) is 0 Å². The highest BCUT2D eigenvalue weighted by molar-refractivity contribution is 9.09. The van der Waals surface area contributed by atoms with E-state index in [0.29, 0.717) is 16.6 Å². The molecule has 0 aliphatic rings. The summed E-state index contributed by atoms with van der Waals surface area (Å²) in [6.07, 6.45) is 3.51. The molecule has 0 spiro atoms. The summed E-state index contributed by atoms with van der Waals surface area (Å²) in [7, 11) is 0. The predicted octanol–water partition coefficient (Wildman–Crippen LogP) is 2.38. The quantitative estimate of drug-likeness (QED) is 0.644. The monoisotopic (exact) mass is 255 g/mol. The molecule has 3 nitrogen and oxygen atoms in total. The topological polar surface area (TPSA) is 63.3 Å². The second-order valence-corrected chi connectivity index (χ2v) is 3.32. The molecule has 4 heteroatoms. The van der Waals surface area contributed by atoms with Crippen LogP contribution < -0.4 is 5.73 Å². The Balaban J connectivity index is 3.22. The Morgan fingerprint density at radius 3 is 2.86 bits per heavy atom. The molecule has 0 aromatic heterocycles. The summed E-state index contributed by atoms with van der Waals surface area (Å²) in [4.78, 5) is 10.8. The number of carboxylic acid groups (broad SMARTS) is 1. The van der Waals surface area contributed by atoms with Gasteiger partial charge >= 0.3 is 5.97 Å². The van der Waals surface area contributed by atoms with Gasteiger partial charge in [0.25, 0.3) is 0 Å². The average Bonchev–Trinajstić information content (AvgIpc) is 2.15. The van der Waals surface area contributed by atoms with Crippen molar-refractivity contribution in [1.29, 1.82) is 0 Å². The molecule has 0 saturated heterocycles. The standard InChI is InChI=1S/C10H10BrNO2/c11-6-2-4-7-8(10(13)14)3-1-5-9(7)12/h1-5H,6,12H2,(H,13,14). The lowest BCUT2D eigenvalue weighted by atomic mass is 10.1. The van der Waals surface area contributed by atoms with Crippen LogP contribution in [0, 0.1) is 0 Å². The number of nitrogens with two attached hydrogens (primary N) is 1. The second-order valence-electron chi connectivity index (χ2n) is 2.67. The van der Waals surface area contributed by atoms with Crippen molar-refractivity contribution in [3.63, 3.8) is 0 Å². The molecular weight excluding hydrogens is 246 g/mol. The van der Waals surface area contributed by atoms with Gasteiger partial charge in [-0.15, -0.1) is 0 Å². The lowest BCUT2D eigenvalue weighted by molar-refractivity contribution is 0.0696. The van der Waals surface area contributed by atoms with E-state index >= 15 is 0 Å². The van der Waals surface area contributed by atoms with Crippen LogP contribution in [0.3, 0.4) is 0 Å². The number of anilines is 1. The molecule has 0 aliphatic carbocycles. The number of hydrogen-bond acceptors (Lipinski definition) is 2. The Bertz CT molecular complexity index is 374. The molecule has 3 N–H and O–H groups in total. The predicted molar refractivity (Wildman–Crippen MR) is 60.6 cm³/mol. The highest BCUT2D eigenvalue weighted by atomic mass is 79.9. The highest BCUT2D eigenvalue weighted by Crippen LogP contribution is 2.18. The first-order chi connectivity index (χ1) is 6.66. The maximum Gasteiger partial charge on any atom is 0.336 e. The molecular formula is C10H10BrNO2. The van der Waals surface area contributed by atoms with E-state index in [9.17, 15) is 4.79 Å². The highest BCUT2D eigenvalue weighted by Gasteiger charge is 2.09. The van der Waals surface area contributed by atoms with Crippen LogP contribution >= 0.6 is 15.9 Å². The number of aromatic carboxylic acids is 1. The largest absolute Gasteiger partial charge is 0.478 e. The molecule has 0 saturated carbocycles. The summed E-state index contributed by atoms with van der Waals surface area (Å²) in [5.74, 6) is -0.966. The number of allylic oxidation sites excluding steroid dienone is 1. The van der Waals surface area contributed by atoms with Crippen LogP contribution in [-0.4, -0.2) is 16.4 Å². The van der Waals surface area contributed by atoms with Crippen LogP contribution in [-0.2, 0) is 0 Å². The first-order valence-corrected chi connectivity index (χ1v) is 5.13. The van der Waals surface area contributed by atoms with Crippen LogP contribution in [0.4, 0.5) is 5.69 Å². The van der Waals surface area contributed by atoms with E-state index in [4.69, 9.17) is 10.8 Å². The lowest BCUT2D eigenvalue weighted by Gasteiger charge is -2.04. The van der Waals surface area contributed by atoms with Gasteiger partial charge < -0.3 is 10.8 Å². The Morgan fingerprint density at radius 1 is 1.57 bits per heavy atom. The third-order valence-electron chi connectivity index (χ3n) is 1.74. The number of nitrogen functional groups attached to an aromatic ring is 1. The minimum Gasteiger partial charge on any atom is -0.478 e. The summed E-state index contributed by atoms with van der Waals surface area (Å²) < 4.78 is 0. The zero-order valence-corrected chi connectivity index (χ0v) is 8.99. The van der Waals surface area contributed by atoms with Gasteiger partial charge in [0.1, 0.15) is 0 Å². The first kappa shape index (κ1) is 10.8. The number of hydrogen-bond donors (Lipinski definition) is 2. The van der Waals surface area contributed by atoms with Gasteiger partial charge in [0.15, 0.2) is 0 Å². The van der Waals surface area contributed by atoms with Gasteiger partial charge in [0.2, 0.25) is 0 Å². The minimum absolute atomic E-state index is 0.224. The van der Waals surface area contributed by atoms with Crippen LogP contribution in [0.15, 0.2) is 24.3 Å². The summed E-state index contributed by atoms with van der Waals surface area (Å²) in [5, 5.41) is 9.56. The fraction of sp³-hybridized carbons (Fsp3) is 0.100. The van der Waals surface area contributed by atoms with Crippen molar-refractivity contribution in [3.8, 4) is 0 Å². The molecule has 74 valence electrons. The molecule has 0 atom stereocenters. The molecule has 0 fully saturated rings. The first-order valence-electron chi connectivity index (χ1n) is 4.01. The van der Waals surface area contributed by atoms with Crippen molar-refractivity contribution in [2.24, 2.45) is 0 Å². The Kier molecular flexibility index (Phi) is 3.71. The maximum atomic E-state index is 10.8. The second kappa shape index (κ2) is 4.81. The van der Waals surface area contributed by atoms with Crippen LogP contribution in [0.25, 0.3) is 6.08 Å². The zero-order valence-electron chi connectivity index (χ0n) is 7.40. The summed E-state index contributed by atoms with van der Waals surface area (Å²) in [5.41, 5.74) is 6.92. The Labute approximate surface area is 90.4 Å². The van der Waals surface area contributed by atoms with Crippen LogP contribution in [0.2, 0.25) is 0 Å². The molecule has 0 unspecified atom stereocenters. The van der Waals surface area contributed by atoms with Crippen molar-refractivity contribution in [3.05, 3.63) is 35.4 Å². The Hall–Kier alpha value is -1.29. The molecule has 0 bridgehead atoms. The molecule has 0 amide bonds. The molecule has 0 heterocycles. The van der Waals surface area contributed by atoms with E-state index < -0.39 is 5.97 Å². The normalized spacial score (nSPS) is 10.6. The van der Waals surface area contributed by atoms with Crippen molar-refractivity contribution < 1.29 is 9.90 Å². The number of carboxylic acids is 1. The number of halogens is 1. The van der Waals surface area contributed by atoms with E-state index in [-0.39, 0.29) is 5.56 Å². The summed E-state index contributed by atoms with van der Waals surface area (Å²) in [6.45, 7) is 0. The number of benzene rings is 1. The lowest BCUT2D eigenvalue weighted by Crippen LogP contribution is -2.02. The van der Waals surface area contributed by atoms with Gasteiger partial charge in [-0.1, -0.05) is 34.1 Å². The van der Waals surface area contributed by atoms with Crippen molar-refractivity contribution in [2.45, 2.75) is 0 Å². The van der Waals surface area contributed by atoms with Crippen LogP contribution in [0.1, 0.15) is 15.9 Å². The molecule has 1 aromatic carbocycles. The van der Waals surface area contributed by atoms with Gasteiger partial charge in [0.05, 0.1) is 5.56 Å². The fourth-order valence-electron chi connectivity index (χ4n) is 1.12. The van der Waals surface area contributed by atoms with Gasteiger partial charge in [-0.05, 0) is 12.1 Å². The van der Waals surface area contributed by atoms with Gasteiger partial charge in [0, 0.05) is 16.6 Å². The van der Waals surface area contributed by atoms with Gasteiger partial charge in [-0.3, -0.25) is 0 Å². The van der Waals surface area contributed by atoms with Crippen molar-refractivity contribution >= 4 is 33.7 Å². The molecule has 1 rings (SSSR count). The number of carbonyl (C=O) groups is 1. The van der Waals surface area contributed by atoms with E-state index in [1.807, 2.05) is 0 Å². The van der Waals surface area contributed by atoms with Crippen molar-refractivity contribution in [2.75, 3.05) is 11.1 Å². The minimum atomic E-state index is -0.966. The SMILES string of the molecule is Nc1cccc(C(=O)O)c1C=CCBr. The Morgan fingerprint density at radius 2 is 2.29 bits per heavy atom. The van der Waals surface area contributed by atoms with E-state index in [2.05, 4.69) is 15.9 Å². The number of alkyl halides is 1.